The van der Waals surface area contributed by atoms with Gasteiger partial charge in [0.05, 0.1) is 12.1 Å². The number of aliphatic carboxylic acids is 1. The summed E-state index contributed by atoms with van der Waals surface area (Å²) in [6.07, 6.45) is -4.34. The molecule has 0 aromatic carbocycles. The van der Waals surface area contributed by atoms with Crippen LogP contribution in [0.25, 0.3) is 0 Å². The summed E-state index contributed by atoms with van der Waals surface area (Å²) in [6.45, 7) is 0. The standard InChI is InChI=1S/C8H7F3N2O2/c9-8(10,11)7-6(12)4(1-2-13-7)3-5(14)15/h1-2H,3,12H2,(H,14,15). The molecule has 0 aliphatic heterocycles. The third-order valence-electron chi connectivity index (χ3n) is 1.69. The predicted molar refractivity (Wildman–Crippen MR) is 45.0 cm³/mol. The zero-order chi connectivity index (χ0) is 11.6. The van der Waals surface area contributed by atoms with E-state index in [1.807, 2.05) is 0 Å². The van der Waals surface area contributed by atoms with E-state index in [0.29, 0.717) is 0 Å². The summed E-state index contributed by atoms with van der Waals surface area (Å²) in [5.74, 6) is -1.25. The van der Waals surface area contributed by atoms with Crippen molar-refractivity contribution in [3.8, 4) is 0 Å². The molecule has 0 radical (unpaired) electrons. The van der Waals surface area contributed by atoms with E-state index >= 15 is 0 Å². The zero-order valence-electron chi connectivity index (χ0n) is 7.38. The number of carboxylic acid groups (broad SMARTS) is 1. The number of nitrogen functional groups attached to an aromatic ring is 1. The van der Waals surface area contributed by atoms with Gasteiger partial charge in [0.1, 0.15) is 0 Å². The van der Waals surface area contributed by atoms with Crippen LogP contribution in [0.5, 0.6) is 0 Å². The molecule has 0 saturated heterocycles. The minimum atomic E-state index is -4.67. The Hall–Kier alpha value is -1.79. The summed E-state index contributed by atoms with van der Waals surface area (Å²) in [5, 5.41) is 8.43. The number of aromatic nitrogens is 1. The fraction of sp³-hybridized carbons (Fsp3) is 0.250. The van der Waals surface area contributed by atoms with Gasteiger partial charge in [-0.2, -0.15) is 13.2 Å². The van der Waals surface area contributed by atoms with Crippen LogP contribution in [0.2, 0.25) is 0 Å². The molecule has 0 spiro atoms. The molecule has 0 bridgehead atoms. The van der Waals surface area contributed by atoms with E-state index < -0.39 is 29.9 Å². The van der Waals surface area contributed by atoms with Gasteiger partial charge in [0.15, 0.2) is 5.69 Å². The highest BCUT2D eigenvalue weighted by Gasteiger charge is 2.35. The van der Waals surface area contributed by atoms with E-state index in [4.69, 9.17) is 10.8 Å². The quantitative estimate of drug-likeness (QED) is 0.787. The third-order valence-corrected chi connectivity index (χ3v) is 1.69. The molecule has 0 saturated carbocycles. The lowest BCUT2D eigenvalue weighted by atomic mass is 10.1. The highest BCUT2D eigenvalue weighted by atomic mass is 19.4. The van der Waals surface area contributed by atoms with Crippen LogP contribution in [0.15, 0.2) is 12.3 Å². The second-order valence-corrected chi connectivity index (χ2v) is 2.80. The van der Waals surface area contributed by atoms with Gasteiger partial charge in [-0.1, -0.05) is 0 Å². The van der Waals surface area contributed by atoms with E-state index in [0.717, 1.165) is 12.3 Å². The Morgan fingerprint density at radius 2 is 2.13 bits per heavy atom. The minimum Gasteiger partial charge on any atom is -0.481 e. The Kier molecular flexibility index (Phi) is 2.83. The first-order chi connectivity index (χ1) is 6.82. The van der Waals surface area contributed by atoms with Crippen molar-refractivity contribution in [2.45, 2.75) is 12.6 Å². The molecule has 0 aliphatic carbocycles. The summed E-state index contributed by atoms with van der Waals surface area (Å²) < 4.78 is 36.8. The van der Waals surface area contributed by atoms with Crippen LogP contribution < -0.4 is 5.73 Å². The van der Waals surface area contributed by atoms with Crippen LogP contribution in [0.4, 0.5) is 18.9 Å². The van der Waals surface area contributed by atoms with Gasteiger partial charge in [-0.05, 0) is 11.6 Å². The number of nitrogens with two attached hydrogens (primary N) is 1. The Labute approximate surface area is 82.5 Å². The summed E-state index contributed by atoms with van der Waals surface area (Å²) in [5.41, 5.74) is 3.20. The number of halogens is 3. The summed E-state index contributed by atoms with van der Waals surface area (Å²) in [4.78, 5) is 13.4. The highest BCUT2D eigenvalue weighted by Crippen LogP contribution is 2.33. The van der Waals surface area contributed by atoms with Crippen molar-refractivity contribution in [1.29, 1.82) is 0 Å². The van der Waals surface area contributed by atoms with Gasteiger partial charge in [-0.25, -0.2) is 4.98 Å². The maximum atomic E-state index is 12.3. The second kappa shape index (κ2) is 3.76. The normalized spacial score (nSPS) is 11.4. The van der Waals surface area contributed by atoms with E-state index in [9.17, 15) is 18.0 Å². The van der Waals surface area contributed by atoms with Gasteiger partial charge in [-0.3, -0.25) is 4.79 Å². The Morgan fingerprint density at radius 3 is 2.60 bits per heavy atom. The summed E-state index contributed by atoms with van der Waals surface area (Å²) >= 11 is 0. The molecule has 1 rings (SSSR count). The van der Waals surface area contributed by atoms with Crippen molar-refractivity contribution >= 4 is 11.7 Å². The molecule has 0 atom stereocenters. The van der Waals surface area contributed by atoms with Crippen LogP contribution in [-0.4, -0.2) is 16.1 Å². The Balaban J connectivity index is 3.17. The number of carboxylic acids is 1. The lowest BCUT2D eigenvalue weighted by Crippen LogP contribution is -2.14. The molecule has 0 aliphatic rings. The van der Waals surface area contributed by atoms with E-state index in [1.54, 1.807) is 0 Å². The Morgan fingerprint density at radius 1 is 1.53 bits per heavy atom. The van der Waals surface area contributed by atoms with Crippen LogP contribution in [0.1, 0.15) is 11.3 Å². The molecule has 1 aromatic rings. The average molecular weight is 220 g/mol. The summed E-state index contributed by atoms with van der Waals surface area (Å²) in [7, 11) is 0. The van der Waals surface area contributed by atoms with Gasteiger partial charge in [0.25, 0.3) is 0 Å². The number of hydrogen-bond acceptors (Lipinski definition) is 3. The van der Waals surface area contributed by atoms with Gasteiger partial charge in [0.2, 0.25) is 0 Å². The minimum absolute atomic E-state index is 0.0928. The molecule has 1 aromatic heterocycles. The molecule has 0 fully saturated rings. The predicted octanol–water partition coefficient (Wildman–Crippen LogP) is 1.31. The molecule has 0 amide bonds. The van der Waals surface area contributed by atoms with Crippen LogP contribution in [0.3, 0.4) is 0 Å². The monoisotopic (exact) mass is 220 g/mol. The lowest BCUT2D eigenvalue weighted by molar-refractivity contribution is -0.141. The second-order valence-electron chi connectivity index (χ2n) is 2.80. The van der Waals surface area contributed by atoms with Gasteiger partial charge >= 0.3 is 12.1 Å². The van der Waals surface area contributed by atoms with Crippen LogP contribution >= 0.6 is 0 Å². The number of nitrogens with zero attached hydrogens (tertiary/aromatic N) is 1. The van der Waals surface area contributed by atoms with E-state index in [1.165, 1.54) is 0 Å². The van der Waals surface area contributed by atoms with Gasteiger partial charge < -0.3 is 10.8 Å². The fourth-order valence-corrected chi connectivity index (χ4v) is 1.06. The van der Waals surface area contributed by atoms with Crippen molar-refractivity contribution in [2.75, 3.05) is 5.73 Å². The first-order valence-electron chi connectivity index (χ1n) is 3.84. The highest BCUT2D eigenvalue weighted by molar-refractivity contribution is 5.73. The largest absolute Gasteiger partial charge is 0.481 e. The molecule has 0 unspecified atom stereocenters. The molecule has 7 heteroatoms. The SMILES string of the molecule is Nc1c(CC(=O)O)ccnc1C(F)(F)F. The number of carbonyl (C=O) groups is 1. The smallest absolute Gasteiger partial charge is 0.435 e. The maximum absolute atomic E-state index is 12.3. The van der Waals surface area contributed by atoms with Gasteiger partial charge in [0, 0.05) is 6.20 Å². The van der Waals surface area contributed by atoms with Crippen molar-refractivity contribution in [3.05, 3.63) is 23.5 Å². The number of pyridine rings is 1. The topological polar surface area (TPSA) is 76.2 Å². The number of anilines is 1. The molecule has 15 heavy (non-hydrogen) atoms. The van der Waals surface area contributed by atoms with Gasteiger partial charge in [-0.15, -0.1) is 0 Å². The van der Waals surface area contributed by atoms with E-state index in [-0.39, 0.29) is 5.56 Å². The molecular formula is C8H7F3N2O2. The Bertz CT molecular complexity index is 390. The first-order valence-corrected chi connectivity index (χ1v) is 3.84. The molecule has 4 nitrogen and oxygen atoms in total. The first kappa shape index (κ1) is 11.3. The van der Waals surface area contributed by atoms with E-state index in [2.05, 4.69) is 4.98 Å². The van der Waals surface area contributed by atoms with Crippen LogP contribution in [-0.2, 0) is 17.4 Å². The van der Waals surface area contributed by atoms with Crippen molar-refractivity contribution in [3.63, 3.8) is 0 Å². The lowest BCUT2D eigenvalue weighted by Gasteiger charge is -2.10. The number of alkyl halides is 3. The van der Waals surface area contributed by atoms with Crippen molar-refractivity contribution in [2.24, 2.45) is 0 Å². The number of rotatable bonds is 2. The summed E-state index contributed by atoms with van der Waals surface area (Å²) in [6, 6.07) is 1.15. The number of hydrogen-bond donors (Lipinski definition) is 2. The zero-order valence-corrected chi connectivity index (χ0v) is 7.38. The van der Waals surface area contributed by atoms with Crippen LogP contribution in [0, 0.1) is 0 Å². The third kappa shape index (κ3) is 2.58. The average Bonchev–Trinajstić information content (AvgIpc) is 2.05. The molecule has 3 N–H and O–H groups in total. The molecular weight excluding hydrogens is 213 g/mol. The molecule has 1 heterocycles. The maximum Gasteiger partial charge on any atom is 0.435 e. The van der Waals surface area contributed by atoms with Crippen molar-refractivity contribution < 1.29 is 23.1 Å². The molecule has 82 valence electrons. The van der Waals surface area contributed by atoms with Crippen molar-refractivity contribution in [1.82, 2.24) is 4.98 Å². The fourth-order valence-electron chi connectivity index (χ4n) is 1.06.